The highest BCUT2D eigenvalue weighted by Crippen LogP contribution is 2.21. The average Bonchev–Trinajstić information content (AvgIpc) is 2.16. The van der Waals surface area contributed by atoms with Crippen molar-refractivity contribution in [2.75, 3.05) is 0 Å². The Bertz CT molecular complexity index is 321. The number of phenolic OH excluding ortho intramolecular Hbond substituents is 1. The van der Waals surface area contributed by atoms with Crippen molar-refractivity contribution in [2.24, 2.45) is 11.7 Å². The number of benzene rings is 1. The van der Waals surface area contributed by atoms with Crippen LogP contribution in [0.25, 0.3) is 0 Å². The molecule has 0 fully saturated rings. The van der Waals surface area contributed by atoms with Crippen molar-refractivity contribution in [1.29, 1.82) is 0 Å². The molecule has 0 saturated carbocycles. The smallest absolute Gasteiger partial charge is 0.308 e. The molecule has 1 rings (SSSR count). The molecule has 4 N–H and O–H groups in total. The molecule has 0 spiro atoms. The van der Waals surface area contributed by atoms with E-state index in [1.165, 1.54) is 12.1 Å². The van der Waals surface area contributed by atoms with Crippen LogP contribution in [0.3, 0.4) is 0 Å². The van der Waals surface area contributed by atoms with Crippen molar-refractivity contribution < 1.29 is 15.0 Å². The number of carboxylic acids is 1. The first-order chi connectivity index (χ1) is 6.52. The Morgan fingerprint density at radius 3 is 2.29 bits per heavy atom. The molecule has 0 aliphatic carbocycles. The Labute approximate surface area is 82.0 Å². The van der Waals surface area contributed by atoms with Gasteiger partial charge in [-0.05, 0) is 17.7 Å². The Hall–Kier alpha value is -1.55. The fourth-order valence-electron chi connectivity index (χ4n) is 1.14. The molecular formula is C10H13NO3. The van der Waals surface area contributed by atoms with Gasteiger partial charge in [0.2, 0.25) is 0 Å². The third-order valence-electron chi connectivity index (χ3n) is 2.21. The Balaban J connectivity index is 2.84. The second-order valence-corrected chi connectivity index (χ2v) is 3.24. The average molecular weight is 195 g/mol. The molecule has 2 atom stereocenters. The molecule has 0 unspecified atom stereocenters. The van der Waals surface area contributed by atoms with E-state index in [1.54, 1.807) is 19.1 Å². The van der Waals surface area contributed by atoms with Gasteiger partial charge in [-0.2, -0.15) is 0 Å². The quantitative estimate of drug-likeness (QED) is 0.674. The van der Waals surface area contributed by atoms with Gasteiger partial charge in [0.1, 0.15) is 5.75 Å². The summed E-state index contributed by atoms with van der Waals surface area (Å²) in [7, 11) is 0. The van der Waals surface area contributed by atoms with E-state index in [9.17, 15) is 4.79 Å². The van der Waals surface area contributed by atoms with E-state index in [1.807, 2.05) is 0 Å². The van der Waals surface area contributed by atoms with E-state index in [0.717, 1.165) is 0 Å². The van der Waals surface area contributed by atoms with Crippen LogP contribution < -0.4 is 5.73 Å². The highest BCUT2D eigenvalue weighted by Gasteiger charge is 2.21. The minimum atomic E-state index is -0.925. The Morgan fingerprint density at radius 2 is 1.86 bits per heavy atom. The first-order valence-electron chi connectivity index (χ1n) is 4.29. The predicted octanol–water partition coefficient (Wildman–Crippen LogP) is 1.11. The molecule has 4 heteroatoms. The van der Waals surface area contributed by atoms with Gasteiger partial charge in [-0.1, -0.05) is 19.1 Å². The van der Waals surface area contributed by atoms with Gasteiger partial charge >= 0.3 is 5.97 Å². The third kappa shape index (κ3) is 2.23. The lowest BCUT2D eigenvalue weighted by Crippen LogP contribution is -2.25. The van der Waals surface area contributed by atoms with Gasteiger partial charge in [0.15, 0.2) is 0 Å². The molecule has 0 amide bonds. The highest BCUT2D eigenvalue weighted by molar-refractivity contribution is 5.70. The first kappa shape index (κ1) is 10.5. The number of hydrogen-bond donors (Lipinski definition) is 3. The maximum atomic E-state index is 10.7. The van der Waals surface area contributed by atoms with Crippen molar-refractivity contribution in [1.82, 2.24) is 0 Å². The van der Waals surface area contributed by atoms with Crippen molar-refractivity contribution in [2.45, 2.75) is 13.0 Å². The van der Waals surface area contributed by atoms with Gasteiger partial charge in [-0.25, -0.2) is 0 Å². The topological polar surface area (TPSA) is 83.5 Å². The first-order valence-corrected chi connectivity index (χ1v) is 4.29. The summed E-state index contributed by atoms with van der Waals surface area (Å²) >= 11 is 0. The summed E-state index contributed by atoms with van der Waals surface area (Å²) in [4.78, 5) is 10.7. The summed E-state index contributed by atoms with van der Waals surface area (Å²) in [5.41, 5.74) is 6.43. The van der Waals surface area contributed by atoms with Gasteiger partial charge in [0.25, 0.3) is 0 Å². The molecule has 0 aromatic heterocycles. The van der Waals surface area contributed by atoms with Crippen LogP contribution in [0.5, 0.6) is 5.75 Å². The lowest BCUT2D eigenvalue weighted by Gasteiger charge is -2.16. The number of carboxylic acid groups (broad SMARTS) is 1. The summed E-state index contributed by atoms with van der Waals surface area (Å²) in [6.45, 7) is 1.56. The van der Waals surface area contributed by atoms with E-state index < -0.39 is 17.9 Å². The van der Waals surface area contributed by atoms with E-state index in [-0.39, 0.29) is 5.75 Å². The van der Waals surface area contributed by atoms with Crippen LogP contribution >= 0.6 is 0 Å². The third-order valence-corrected chi connectivity index (χ3v) is 2.21. The van der Waals surface area contributed by atoms with Crippen LogP contribution in [-0.4, -0.2) is 16.2 Å². The second kappa shape index (κ2) is 4.11. The van der Waals surface area contributed by atoms with E-state index in [2.05, 4.69) is 0 Å². The minimum absolute atomic E-state index is 0.143. The molecule has 1 aromatic carbocycles. The SMILES string of the molecule is C[C@@H](C(=O)O)[C@@H](N)c1ccc(O)cc1. The van der Waals surface area contributed by atoms with E-state index in [0.29, 0.717) is 5.56 Å². The van der Waals surface area contributed by atoms with Crippen LogP contribution in [0.15, 0.2) is 24.3 Å². The Kier molecular flexibility index (Phi) is 3.09. The molecule has 76 valence electrons. The van der Waals surface area contributed by atoms with Crippen molar-refractivity contribution >= 4 is 5.97 Å². The largest absolute Gasteiger partial charge is 0.508 e. The monoisotopic (exact) mass is 195 g/mol. The number of nitrogens with two attached hydrogens (primary N) is 1. The molecule has 0 saturated heterocycles. The zero-order valence-corrected chi connectivity index (χ0v) is 7.84. The summed E-state index contributed by atoms with van der Waals surface area (Å²) in [5, 5.41) is 17.8. The summed E-state index contributed by atoms with van der Waals surface area (Å²) in [5.74, 6) is -1.42. The number of carbonyl (C=O) groups is 1. The number of aliphatic carboxylic acids is 1. The second-order valence-electron chi connectivity index (χ2n) is 3.24. The summed E-state index contributed by atoms with van der Waals surface area (Å²) < 4.78 is 0. The fourth-order valence-corrected chi connectivity index (χ4v) is 1.14. The lowest BCUT2D eigenvalue weighted by atomic mass is 9.95. The fraction of sp³-hybridized carbons (Fsp3) is 0.300. The van der Waals surface area contributed by atoms with Crippen LogP contribution in [0.4, 0.5) is 0 Å². The predicted molar refractivity (Wildman–Crippen MR) is 51.8 cm³/mol. The van der Waals surface area contributed by atoms with Gasteiger partial charge in [0.05, 0.1) is 5.92 Å². The van der Waals surface area contributed by atoms with E-state index in [4.69, 9.17) is 15.9 Å². The molecule has 14 heavy (non-hydrogen) atoms. The van der Waals surface area contributed by atoms with Crippen LogP contribution in [-0.2, 0) is 4.79 Å². The maximum absolute atomic E-state index is 10.7. The van der Waals surface area contributed by atoms with Crippen LogP contribution in [0.2, 0.25) is 0 Å². The highest BCUT2D eigenvalue weighted by atomic mass is 16.4. The molecule has 0 aliphatic rings. The Morgan fingerprint density at radius 1 is 1.36 bits per heavy atom. The van der Waals surface area contributed by atoms with Gasteiger partial charge in [0, 0.05) is 6.04 Å². The molecule has 0 heterocycles. The van der Waals surface area contributed by atoms with Crippen molar-refractivity contribution in [3.63, 3.8) is 0 Å². The van der Waals surface area contributed by atoms with Crippen LogP contribution in [0.1, 0.15) is 18.5 Å². The normalized spacial score (nSPS) is 14.7. The van der Waals surface area contributed by atoms with Crippen molar-refractivity contribution in [3.05, 3.63) is 29.8 Å². The standard InChI is InChI=1S/C10H13NO3/c1-6(10(13)14)9(11)7-2-4-8(12)5-3-7/h2-6,9,12H,11H2,1H3,(H,13,14)/t6-,9-/m1/s1. The van der Waals surface area contributed by atoms with Gasteiger partial charge in [-0.15, -0.1) is 0 Å². The minimum Gasteiger partial charge on any atom is -0.508 e. The molecular weight excluding hydrogens is 182 g/mol. The molecule has 1 aromatic rings. The maximum Gasteiger partial charge on any atom is 0.308 e. The number of rotatable bonds is 3. The van der Waals surface area contributed by atoms with Crippen molar-refractivity contribution in [3.8, 4) is 5.75 Å². The van der Waals surface area contributed by atoms with Crippen LogP contribution in [0, 0.1) is 5.92 Å². The summed E-state index contributed by atoms with van der Waals surface area (Å²) in [6.07, 6.45) is 0. The molecule has 0 aliphatic heterocycles. The molecule has 0 bridgehead atoms. The summed E-state index contributed by atoms with van der Waals surface area (Å²) in [6, 6.07) is 5.68. The van der Waals surface area contributed by atoms with Gasteiger partial charge in [-0.3, -0.25) is 4.79 Å². The number of aromatic hydroxyl groups is 1. The lowest BCUT2D eigenvalue weighted by molar-refractivity contribution is -0.141. The molecule has 4 nitrogen and oxygen atoms in total. The zero-order valence-electron chi connectivity index (χ0n) is 7.84. The number of phenols is 1. The van der Waals surface area contributed by atoms with Gasteiger partial charge < -0.3 is 15.9 Å². The zero-order chi connectivity index (χ0) is 10.7. The molecule has 0 radical (unpaired) electrons. The number of hydrogen-bond acceptors (Lipinski definition) is 3. The van der Waals surface area contributed by atoms with E-state index >= 15 is 0 Å².